The van der Waals surface area contributed by atoms with Crippen molar-refractivity contribution in [3.8, 4) is 0 Å². The fourth-order valence-electron chi connectivity index (χ4n) is 1.58. The SMILES string of the molecule is [2H]N(Cc1ccccc1)C[C@H](O)[C@@H](O)[C@H](O)[C@H](O)CO. The van der Waals surface area contributed by atoms with Gasteiger partial charge in [0.1, 0.15) is 19.7 Å². The highest BCUT2D eigenvalue weighted by molar-refractivity contribution is 5.14. The number of rotatable bonds is 8. The van der Waals surface area contributed by atoms with Crippen LogP contribution in [0.4, 0.5) is 0 Å². The Morgan fingerprint density at radius 3 is 2.16 bits per heavy atom. The summed E-state index contributed by atoms with van der Waals surface area (Å²) in [5.74, 6) is 0. The van der Waals surface area contributed by atoms with Gasteiger partial charge in [-0.25, -0.2) is 0 Å². The molecule has 0 aromatic heterocycles. The maximum atomic E-state index is 9.72. The summed E-state index contributed by atoms with van der Waals surface area (Å²) < 4.78 is 7.70. The molecule has 0 unspecified atom stereocenters. The van der Waals surface area contributed by atoms with Gasteiger partial charge in [0.05, 0.1) is 12.7 Å². The van der Waals surface area contributed by atoms with Gasteiger partial charge < -0.3 is 30.8 Å². The first-order valence-corrected chi connectivity index (χ1v) is 6.06. The van der Waals surface area contributed by atoms with E-state index < -0.39 is 31.0 Å². The van der Waals surface area contributed by atoms with Crippen molar-refractivity contribution in [3.63, 3.8) is 0 Å². The first-order valence-electron chi connectivity index (χ1n) is 6.51. The molecule has 0 aliphatic heterocycles. The molecule has 4 atom stereocenters. The van der Waals surface area contributed by atoms with Crippen molar-refractivity contribution in [1.82, 2.24) is 5.31 Å². The Morgan fingerprint density at radius 2 is 1.58 bits per heavy atom. The maximum Gasteiger partial charge on any atom is 0.123 e. The van der Waals surface area contributed by atoms with Crippen molar-refractivity contribution >= 4 is 0 Å². The Hall–Kier alpha value is -1.02. The Morgan fingerprint density at radius 1 is 1.00 bits per heavy atom. The summed E-state index contributed by atoms with van der Waals surface area (Å²) in [6.45, 7) is -0.673. The molecule has 6 nitrogen and oxygen atoms in total. The Balaban J connectivity index is 2.46. The molecule has 0 aliphatic rings. The highest BCUT2D eigenvalue weighted by Gasteiger charge is 2.29. The van der Waals surface area contributed by atoms with Crippen LogP contribution in [0, 0.1) is 0 Å². The summed E-state index contributed by atoms with van der Waals surface area (Å²) in [4.78, 5) is 0. The zero-order valence-corrected chi connectivity index (χ0v) is 10.5. The molecule has 0 aliphatic carbocycles. The van der Waals surface area contributed by atoms with Crippen molar-refractivity contribution in [2.75, 3.05) is 13.2 Å². The second-order valence-electron chi connectivity index (χ2n) is 4.35. The van der Waals surface area contributed by atoms with E-state index in [9.17, 15) is 20.4 Å². The lowest BCUT2D eigenvalue weighted by molar-refractivity contribution is -0.114. The second kappa shape index (κ2) is 8.21. The van der Waals surface area contributed by atoms with Crippen LogP contribution in [-0.4, -0.2) is 63.1 Å². The molecule has 0 spiro atoms. The largest absolute Gasteiger partial charge is 0.394 e. The lowest BCUT2D eigenvalue weighted by Gasteiger charge is -2.25. The van der Waals surface area contributed by atoms with Gasteiger partial charge in [-0.3, -0.25) is 0 Å². The molecule has 1 rings (SSSR count). The van der Waals surface area contributed by atoms with Crippen LogP contribution in [0.2, 0.25) is 1.41 Å². The molecule has 0 bridgehead atoms. The number of hydrogen-bond acceptors (Lipinski definition) is 6. The summed E-state index contributed by atoms with van der Waals surface area (Å²) in [5.41, 5.74) is 0.875. The lowest BCUT2D eigenvalue weighted by Crippen LogP contribution is -2.48. The van der Waals surface area contributed by atoms with Gasteiger partial charge in [-0.2, -0.15) is 0 Å². The highest BCUT2D eigenvalue weighted by Crippen LogP contribution is 2.05. The average Bonchev–Trinajstić information content (AvgIpc) is 2.45. The molecule has 108 valence electrons. The molecule has 0 saturated heterocycles. The van der Waals surface area contributed by atoms with E-state index in [0.717, 1.165) is 10.9 Å². The van der Waals surface area contributed by atoms with E-state index in [1.54, 1.807) is 0 Å². The van der Waals surface area contributed by atoms with E-state index >= 15 is 0 Å². The number of hydrogen-bond donors (Lipinski definition) is 6. The third kappa shape index (κ3) is 5.23. The molecule has 6 heteroatoms. The van der Waals surface area contributed by atoms with Gasteiger partial charge in [0.25, 0.3) is 0 Å². The number of benzene rings is 1. The van der Waals surface area contributed by atoms with E-state index in [1.807, 2.05) is 30.3 Å². The van der Waals surface area contributed by atoms with Crippen LogP contribution in [0.5, 0.6) is 0 Å². The monoisotopic (exact) mass is 272 g/mol. The van der Waals surface area contributed by atoms with E-state index in [4.69, 9.17) is 6.52 Å². The minimum absolute atomic E-state index is 0.203. The first kappa shape index (κ1) is 14.4. The summed E-state index contributed by atoms with van der Waals surface area (Å²) in [5, 5.41) is 47.7. The van der Waals surface area contributed by atoms with Gasteiger partial charge in [0, 0.05) is 13.1 Å². The standard InChI is InChI=1S/C13H21NO5/c15-8-11(17)13(19)12(18)10(16)7-14-6-9-4-2-1-3-5-9/h1-5,10-19H,6-8H2/t10-,11+,12+,13+/m0/s1/i/hD. The molecular formula is C13H21NO5. The fourth-order valence-corrected chi connectivity index (χ4v) is 1.58. The normalized spacial score (nSPS) is 18.7. The molecule has 6 N–H and O–H groups in total. The van der Waals surface area contributed by atoms with Crippen LogP contribution in [0.1, 0.15) is 5.56 Å². The topological polar surface area (TPSA) is 113 Å². The van der Waals surface area contributed by atoms with Crippen molar-refractivity contribution in [1.29, 1.82) is 0 Å². The summed E-state index contributed by atoms with van der Waals surface area (Å²) in [6, 6.07) is 9.16. The van der Waals surface area contributed by atoms with Gasteiger partial charge in [0.2, 0.25) is 0 Å². The van der Waals surface area contributed by atoms with Gasteiger partial charge >= 0.3 is 0 Å². The maximum absolute atomic E-state index is 9.72. The van der Waals surface area contributed by atoms with Crippen LogP contribution in [0.3, 0.4) is 0 Å². The van der Waals surface area contributed by atoms with Crippen LogP contribution in [0.15, 0.2) is 30.3 Å². The van der Waals surface area contributed by atoms with E-state index in [2.05, 4.69) is 0 Å². The number of aliphatic hydroxyl groups excluding tert-OH is 5. The first-order chi connectivity index (χ1) is 9.45. The van der Waals surface area contributed by atoms with Crippen LogP contribution >= 0.6 is 0 Å². The molecule has 0 fully saturated rings. The zero-order valence-electron chi connectivity index (χ0n) is 11.5. The van der Waals surface area contributed by atoms with Gasteiger partial charge in [-0.15, -0.1) is 0 Å². The fraction of sp³-hybridized carbons (Fsp3) is 0.538. The minimum atomic E-state index is -1.67. The zero-order chi connectivity index (χ0) is 15.1. The molecular weight excluding hydrogens is 250 g/mol. The van der Waals surface area contributed by atoms with E-state index in [1.165, 1.54) is 0 Å². The summed E-state index contributed by atoms with van der Waals surface area (Å²) in [7, 11) is 0. The third-order valence-electron chi connectivity index (χ3n) is 2.78. The Bertz CT molecular complexity index is 380. The average molecular weight is 272 g/mol. The summed E-state index contributed by atoms with van der Waals surface area (Å²) in [6.07, 6.45) is -6.25. The molecule has 19 heavy (non-hydrogen) atoms. The molecule has 0 heterocycles. The predicted octanol–water partition coefficient (Wildman–Crippen LogP) is -1.79. The third-order valence-corrected chi connectivity index (χ3v) is 2.78. The van der Waals surface area contributed by atoms with Crippen LogP contribution < -0.4 is 5.31 Å². The van der Waals surface area contributed by atoms with Gasteiger partial charge in [-0.05, 0) is 5.56 Å². The molecule has 0 radical (unpaired) electrons. The predicted molar refractivity (Wildman–Crippen MR) is 69.3 cm³/mol. The molecule has 1 aromatic carbocycles. The number of aliphatic hydroxyl groups is 5. The molecule has 0 amide bonds. The van der Waals surface area contributed by atoms with E-state index in [0.29, 0.717) is 0 Å². The minimum Gasteiger partial charge on any atom is -0.394 e. The second-order valence-corrected chi connectivity index (χ2v) is 4.35. The number of nitrogens with one attached hydrogen (secondary N) is 1. The van der Waals surface area contributed by atoms with E-state index in [-0.39, 0.29) is 13.1 Å². The van der Waals surface area contributed by atoms with Crippen molar-refractivity contribution < 1.29 is 26.9 Å². The molecule has 1 aromatic rings. The quantitative estimate of drug-likeness (QED) is 0.333. The van der Waals surface area contributed by atoms with Gasteiger partial charge in [-0.1, -0.05) is 30.3 Å². The van der Waals surface area contributed by atoms with Crippen LogP contribution in [0.25, 0.3) is 0 Å². The van der Waals surface area contributed by atoms with Crippen molar-refractivity contribution in [3.05, 3.63) is 35.9 Å². The van der Waals surface area contributed by atoms with Gasteiger partial charge in [0.15, 0.2) is 0 Å². The van der Waals surface area contributed by atoms with Crippen molar-refractivity contribution in [2.24, 2.45) is 0 Å². The molecule has 0 saturated carbocycles. The smallest absolute Gasteiger partial charge is 0.123 e. The summed E-state index contributed by atoms with van der Waals surface area (Å²) >= 11 is 0. The van der Waals surface area contributed by atoms with Crippen LogP contribution in [-0.2, 0) is 6.54 Å². The Labute approximate surface area is 113 Å². The lowest BCUT2D eigenvalue weighted by atomic mass is 10.0. The van der Waals surface area contributed by atoms with Crippen molar-refractivity contribution in [2.45, 2.75) is 31.0 Å². The Kier molecular flexibility index (Phi) is 6.22. The highest BCUT2D eigenvalue weighted by atomic mass is 16.4.